The van der Waals surface area contributed by atoms with E-state index in [4.69, 9.17) is 16.0 Å². The molecule has 0 unspecified atom stereocenters. The maximum Gasteiger partial charge on any atom is 0.314 e. The molecule has 3 heterocycles. The molecule has 0 radical (unpaired) electrons. The Morgan fingerprint density at radius 1 is 1.48 bits per heavy atom. The Morgan fingerprint density at radius 2 is 2.35 bits per heavy atom. The molecule has 1 aliphatic rings. The van der Waals surface area contributed by atoms with Crippen LogP contribution in [0, 0.1) is 10.1 Å². The van der Waals surface area contributed by atoms with Crippen LogP contribution >= 0.6 is 11.6 Å². The number of hydrogen-bond acceptors (Lipinski definition) is 6. The Balaban J connectivity index is 1.84. The Labute approximate surface area is 137 Å². The molecule has 3 rings (SSSR count). The van der Waals surface area contributed by atoms with Crippen LogP contribution in [0.25, 0.3) is 6.08 Å². The Morgan fingerprint density at radius 3 is 3.00 bits per heavy atom. The molecule has 8 heteroatoms. The third kappa shape index (κ3) is 3.57. The van der Waals surface area contributed by atoms with Crippen LogP contribution in [0.1, 0.15) is 11.3 Å². The Hall–Kier alpha value is -2.67. The second kappa shape index (κ2) is 6.62. The van der Waals surface area contributed by atoms with Crippen molar-refractivity contribution in [2.75, 3.05) is 13.1 Å². The van der Waals surface area contributed by atoms with Gasteiger partial charge in [0, 0.05) is 19.3 Å². The van der Waals surface area contributed by atoms with E-state index in [1.807, 2.05) is 11.0 Å². The van der Waals surface area contributed by atoms with Crippen molar-refractivity contribution >= 4 is 23.5 Å². The van der Waals surface area contributed by atoms with Crippen molar-refractivity contribution in [3.8, 4) is 0 Å². The average Bonchev–Trinajstić information content (AvgIpc) is 3.18. The fraction of sp³-hybridized carbons (Fsp3) is 0.200. The largest absolute Gasteiger partial charge is 0.465 e. The summed E-state index contributed by atoms with van der Waals surface area (Å²) < 4.78 is 5.16. The summed E-state index contributed by atoms with van der Waals surface area (Å²) in [6.07, 6.45) is 4.51. The van der Waals surface area contributed by atoms with E-state index in [-0.39, 0.29) is 5.70 Å². The topological polar surface area (TPSA) is 84.8 Å². The van der Waals surface area contributed by atoms with Crippen LogP contribution in [0.15, 0.2) is 51.8 Å². The summed E-state index contributed by atoms with van der Waals surface area (Å²) in [4.78, 5) is 21.1. The second-order valence-electron chi connectivity index (χ2n) is 4.92. The minimum absolute atomic E-state index is 0.0839. The summed E-state index contributed by atoms with van der Waals surface area (Å²) in [6, 6.07) is 6.87. The molecule has 0 saturated carbocycles. The van der Waals surface area contributed by atoms with E-state index in [9.17, 15) is 10.1 Å². The first-order valence-electron chi connectivity index (χ1n) is 6.93. The van der Waals surface area contributed by atoms with Crippen LogP contribution < -0.4 is 0 Å². The molecule has 7 nitrogen and oxygen atoms in total. The number of nitrogens with zero attached hydrogens (tertiary/aromatic N) is 4. The van der Waals surface area contributed by atoms with Crippen molar-refractivity contribution in [2.24, 2.45) is 4.99 Å². The molecular formula is C15H13ClN4O3. The first-order valence-corrected chi connectivity index (χ1v) is 7.31. The number of aliphatic imine (C=N–C) groups is 1. The molecule has 0 aliphatic carbocycles. The first kappa shape index (κ1) is 15.2. The van der Waals surface area contributed by atoms with Crippen LogP contribution in [-0.2, 0) is 6.54 Å². The van der Waals surface area contributed by atoms with Gasteiger partial charge in [0.05, 0.1) is 23.8 Å². The fourth-order valence-corrected chi connectivity index (χ4v) is 2.42. The third-order valence-electron chi connectivity index (χ3n) is 3.34. The quantitative estimate of drug-likeness (QED) is 0.477. The third-order valence-corrected chi connectivity index (χ3v) is 3.56. The van der Waals surface area contributed by atoms with E-state index in [1.54, 1.807) is 24.4 Å². The van der Waals surface area contributed by atoms with Crippen LogP contribution in [0.3, 0.4) is 0 Å². The Kier molecular flexibility index (Phi) is 4.38. The van der Waals surface area contributed by atoms with E-state index in [1.165, 1.54) is 12.3 Å². The highest BCUT2D eigenvalue weighted by Crippen LogP contribution is 2.18. The number of halogens is 1. The maximum atomic E-state index is 11.4. The van der Waals surface area contributed by atoms with Crippen molar-refractivity contribution in [3.63, 3.8) is 0 Å². The summed E-state index contributed by atoms with van der Waals surface area (Å²) in [6.45, 7) is 1.60. The van der Waals surface area contributed by atoms with Gasteiger partial charge in [0.25, 0.3) is 0 Å². The van der Waals surface area contributed by atoms with Gasteiger partial charge in [0.15, 0.2) is 0 Å². The number of amidine groups is 1. The lowest BCUT2D eigenvalue weighted by Gasteiger charge is -2.18. The highest BCUT2D eigenvalue weighted by atomic mass is 35.5. The molecule has 1 aliphatic heterocycles. The van der Waals surface area contributed by atoms with E-state index in [2.05, 4.69) is 9.98 Å². The lowest BCUT2D eigenvalue weighted by Crippen LogP contribution is -2.30. The van der Waals surface area contributed by atoms with Gasteiger partial charge >= 0.3 is 5.70 Å². The van der Waals surface area contributed by atoms with Crippen LogP contribution in [0.5, 0.6) is 0 Å². The molecule has 0 saturated heterocycles. The minimum Gasteiger partial charge on any atom is -0.465 e. The maximum absolute atomic E-state index is 11.4. The molecule has 118 valence electrons. The molecule has 2 aromatic heterocycles. The molecule has 0 fully saturated rings. The van der Waals surface area contributed by atoms with Gasteiger partial charge in [-0.1, -0.05) is 17.7 Å². The summed E-state index contributed by atoms with van der Waals surface area (Å²) in [5.74, 6) is 0.765. The predicted molar refractivity (Wildman–Crippen MR) is 85.6 cm³/mol. The molecule has 0 atom stereocenters. The van der Waals surface area contributed by atoms with Gasteiger partial charge in [-0.2, -0.15) is 0 Å². The van der Waals surface area contributed by atoms with Gasteiger partial charge in [-0.25, -0.2) is 4.98 Å². The summed E-state index contributed by atoms with van der Waals surface area (Å²) in [5, 5.41) is 11.8. The van der Waals surface area contributed by atoms with Crippen molar-refractivity contribution in [1.29, 1.82) is 0 Å². The van der Waals surface area contributed by atoms with Gasteiger partial charge in [0.2, 0.25) is 5.84 Å². The average molecular weight is 333 g/mol. The number of rotatable bonds is 5. The van der Waals surface area contributed by atoms with Crippen LogP contribution in [0.4, 0.5) is 0 Å². The Bertz CT molecular complexity index is 754. The van der Waals surface area contributed by atoms with Gasteiger partial charge in [0.1, 0.15) is 10.9 Å². The van der Waals surface area contributed by atoms with Crippen LogP contribution in [0.2, 0.25) is 5.15 Å². The molecule has 0 amide bonds. The molecular weight excluding hydrogens is 320 g/mol. The zero-order valence-electron chi connectivity index (χ0n) is 12.1. The first-order chi connectivity index (χ1) is 11.1. The fourth-order valence-electron chi connectivity index (χ4n) is 2.31. The molecule has 2 aromatic rings. The summed E-state index contributed by atoms with van der Waals surface area (Å²) in [7, 11) is 0. The molecule has 23 heavy (non-hydrogen) atoms. The summed E-state index contributed by atoms with van der Waals surface area (Å²) >= 11 is 5.77. The van der Waals surface area contributed by atoms with Crippen molar-refractivity contribution in [2.45, 2.75) is 6.54 Å². The number of furan rings is 1. The lowest BCUT2D eigenvalue weighted by atomic mass is 10.2. The van der Waals surface area contributed by atoms with E-state index in [0.717, 1.165) is 5.56 Å². The van der Waals surface area contributed by atoms with E-state index < -0.39 is 4.92 Å². The monoisotopic (exact) mass is 332 g/mol. The normalized spacial score (nSPS) is 14.9. The highest BCUT2D eigenvalue weighted by molar-refractivity contribution is 6.29. The number of nitro groups is 1. The van der Waals surface area contributed by atoms with Gasteiger partial charge in [-0.3, -0.25) is 15.1 Å². The molecule has 0 aromatic carbocycles. The second-order valence-corrected chi connectivity index (χ2v) is 5.31. The smallest absolute Gasteiger partial charge is 0.314 e. The number of aromatic nitrogens is 1. The van der Waals surface area contributed by atoms with Gasteiger partial charge in [-0.15, -0.1) is 0 Å². The zero-order chi connectivity index (χ0) is 16.2. The predicted octanol–water partition coefficient (Wildman–Crippen LogP) is 2.86. The SMILES string of the molecule is O=[N+]([O-])C(=Cc1ccco1)C1=NCCN1Cc1ccc(Cl)nc1. The molecule has 0 spiro atoms. The number of hydrogen-bond donors (Lipinski definition) is 0. The highest BCUT2D eigenvalue weighted by Gasteiger charge is 2.29. The minimum atomic E-state index is -0.445. The van der Waals surface area contributed by atoms with E-state index in [0.29, 0.717) is 36.4 Å². The van der Waals surface area contributed by atoms with Crippen molar-refractivity contribution in [1.82, 2.24) is 9.88 Å². The van der Waals surface area contributed by atoms with Gasteiger partial charge in [-0.05, 0) is 23.8 Å². The van der Waals surface area contributed by atoms with Crippen molar-refractivity contribution < 1.29 is 9.34 Å². The lowest BCUT2D eigenvalue weighted by molar-refractivity contribution is -0.414. The zero-order valence-corrected chi connectivity index (χ0v) is 12.8. The van der Waals surface area contributed by atoms with Gasteiger partial charge < -0.3 is 9.32 Å². The molecule has 0 N–H and O–H groups in total. The van der Waals surface area contributed by atoms with Crippen LogP contribution in [-0.4, -0.2) is 33.7 Å². The standard InChI is InChI=1S/C15H13ClN4O3/c16-14-4-3-11(9-18-14)10-19-6-5-17-15(19)13(20(21)22)8-12-2-1-7-23-12/h1-4,7-9H,5-6,10H2. The summed E-state index contributed by atoms with van der Waals surface area (Å²) in [5.41, 5.74) is 0.823. The molecule has 0 bridgehead atoms. The van der Waals surface area contributed by atoms with Crippen molar-refractivity contribution in [3.05, 3.63) is 69.0 Å². The van der Waals surface area contributed by atoms with E-state index >= 15 is 0 Å². The number of pyridine rings is 1.